The first kappa shape index (κ1) is 15.1. The second-order valence-corrected chi connectivity index (χ2v) is 5.41. The molecular weight excluding hydrogens is 246 g/mol. The third-order valence-corrected chi connectivity index (χ3v) is 3.80. The van der Waals surface area contributed by atoms with E-state index in [1.807, 2.05) is 19.2 Å². The molecule has 4 heteroatoms. The number of nitrogens with zero attached hydrogens (tertiary/aromatic N) is 1. The van der Waals surface area contributed by atoms with Crippen LogP contribution in [0.5, 0.6) is 0 Å². The fourth-order valence-electron chi connectivity index (χ4n) is 1.57. The summed E-state index contributed by atoms with van der Waals surface area (Å²) in [6.07, 6.45) is 0.749. The molecule has 0 spiro atoms. The molecule has 0 aliphatic rings. The molecule has 0 fully saturated rings. The molecule has 0 bridgehead atoms. The average Bonchev–Trinajstić information content (AvgIpc) is 2.37. The first-order chi connectivity index (χ1) is 8.65. The maximum absolute atomic E-state index is 11.9. The third kappa shape index (κ3) is 5.10. The number of thioether (sulfide) groups is 1. The lowest BCUT2D eigenvalue weighted by atomic mass is 10.1. The molecule has 0 saturated heterocycles. The molecule has 100 valence electrons. The van der Waals surface area contributed by atoms with Crippen LogP contribution in [0.1, 0.15) is 17.5 Å². The number of benzene rings is 1. The Hall–Kier alpha value is -1.000. The predicted octanol–water partition coefficient (Wildman–Crippen LogP) is 2.07. The zero-order valence-electron chi connectivity index (χ0n) is 11.1. The normalized spacial score (nSPS) is 10.4. The van der Waals surface area contributed by atoms with Crippen molar-refractivity contribution in [2.75, 3.05) is 25.2 Å². The Labute approximate surface area is 113 Å². The van der Waals surface area contributed by atoms with E-state index in [4.69, 9.17) is 5.11 Å². The van der Waals surface area contributed by atoms with Crippen LogP contribution >= 0.6 is 11.8 Å². The Morgan fingerprint density at radius 1 is 1.39 bits per heavy atom. The number of carbonyl (C=O) groups excluding carboxylic acids is 1. The minimum atomic E-state index is 0.140. The quantitative estimate of drug-likeness (QED) is 0.769. The Morgan fingerprint density at radius 3 is 2.78 bits per heavy atom. The van der Waals surface area contributed by atoms with Crippen molar-refractivity contribution in [2.45, 2.75) is 19.9 Å². The highest BCUT2D eigenvalue weighted by molar-refractivity contribution is 7.99. The highest BCUT2D eigenvalue weighted by atomic mass is 32.2. The van der Waals surface area contributed by atoms with Crippen LogP contribution in [0.2, 0.25) is 0 Å². The van der Waals surface area contributed by atoms with Gasteiger partial charge in [-0.2, -0.15) is 11.8 Å². The van der Waals surface area contributed by atoms with Gasteiger partial charge in [0.25, 0.3) is 0 Å². The van der Waals surface area contributed by atoms with Gasteiger partial charge in [-0.3, -0.25) is 4.79 Å². The minimum absolute atomic E-state index is 0.140. The molecule has 1 aromatic rings. The molecule has 0 heterocycles. The van der Waals surface area contributed by atoms with Crippen molar-refractivity contribution in [3.05, 3.63) is 35.4 Å². The van der Waals surface area contributed by atoms with E-state index in [-0.39, 0.29) is 12.5 Å². The third-order valence-electron chi connectivity index (χ3n) is 2.77. The summed E-state index contributed by atoms with van der Waals surface area (Å²) in [4.78, 5) is 13.6. The Morgan fingerprint density at radius 2 is 2.11 bits per heavy atom. The largest absolute Gasteiger partial charge is 0.396 e. The van der Waals surface area contributed by atoms with Crippen molar-refractivity contribution in [3.8, 4) is 0 Å². The summed E-state index contributed by atoms with van der Waals surface area (Å²) >= 11 is 1.58. The second kappa shape index (κ2) is 8.16. The standard InChI is InChI=1S/C14H21NO2S/c1-12-6-3-4-7-13(12)10-15(2)14(17)11-18-9-5-8-16/h3-4,6-7,16H,5,8-11H2,1-2H3. The van der Waals surface area contributed by atoms with Crippen LogP contribution in [0.4, 0.5) is 0 Å². The van der Waals surface area contributed by atoms with Crippen LogP contribution in [0.15, 0.2) is 24.3 Å². The topological polar surface area (TPSA) is 40.5 Å². The zero-order valence-corrected chi connectivity index (χ0v) is 11.9. The summed E-state index contributed by atoms with van der Waals surface area (Å²) in [6, 6.07) is 8.11. The summed E-state index contributed by atoms with van der Waals surface area (Å²) in [5, 5.41) is 8.66. The van der Waals surface area contributed by atoms with Gasteiger partial charge in [-0.15, -0.1) is 0 Å². The van der Waals surface area contributed by atoms with Gasteiger partial charge in [0, 0.05) is 20.2 Å². The molecule has 1 N–H and O–H groups in total. The summed E-state index contributed by atoms with van der Waals surface area (Å²) in [5.41, 5.74) is 2.40. The van der Waals surface area contributed by atoms with E-state index in [0.29, 0.717) is 12.3 Å². The van der Waals surface area contributed by atoms with Crippen molar-refractivity contribution in [1.29, 1.82) is 0 Å². The highest BCUT2D eigenvalue weighted by Gasteiger charge is 2.09. The molecule has 0 aliphatic heterocycles. The molecule has 0 aromatic heterocycles. The number of rotatable bonds is 7. The number of aryl methyl sites for hydroxylation is 1. The Balaban J connectivity index is 2.38. The van der Waals surface area contributed by atoms with Crippen LogP contribution < -0.4 is 0 Å². The monoisotopic (exact) mass is 267 g/mol. The van der Waals surface area contributed by atoms with Gasteiger partial charge in [0.1, 0.15) is 0 Å². The molecule has 0 saturated carbocycles. The van der Waals surface area contributed by atoms with Crippen molar-refractivity contribution in [2.24, 2.45) is 0 Å². The van der Waals surface area contributed by atoms with Crippen LogP contribution in [0, 0.1) is 6.92 Å². The van der Waals surface area contributed by atoms with Gasteiger partial charge in [0.15, 0.2) is 0 Å². The van der Waals surface area contributed by atoms with Crippen LogP contribution in [-0.4, -0.2) is 41.1 Å². The summed E-state index contributed by atoms with van der Waals surface area (Å²) < 4.78 is 0. The molecule has 1 rings (SSSR count). The average molecular weight is 267 g/mol. The van der Waals surface area contributed by atoms with Gasteiger partial charge >= 0.3 is 0 Å². The fraction of sp³-hybridized carbons (Fsp3) is 0.500. The van der Waals surface area contributed by atoms with Gasteiger partial charge < -0.3 is 10.0 Å². The summed E-state index contributed by atoms with van der Waals surface area (Å²) in [6.45, 7) is 2.91. The Kier molecular flexibility index (Phi) is 6.83. The number of aliphatic hydroxyl groups is 1. The van der Waals surface area contributed by atoms with Gasteiger partial charge in [-0.05, 0) is 30.2 Å². The van der Waals surface area contributed by atoms with Gasteiger partial charge in [0.05, 0.1) is 5.75 Å². The van der Waals surface area contributed by atoms with Gasteiger partial charge in [-0.25, -0.2) is 0 Å². The number of hydrogen-bond acceptors (Lipinski definition) is 3. The fourth-order valence-corrected chi connectivity index (χ4v) is 2.44. The molecule has 0 atom stereocenters. The van der Waals surface area contributed by atoms with E-state index in [1.54, 1.807) is 16.7 Å². The smallest absolute Gasteiger partial charge is 0.232 e. The lowest BCUT2D eigenvalue weighted by molar-refractivity contribution is -0.127. The SMILES string of the molecule is Cc1ccccc1CN(C)C(=O)CSCCCO. The van der Waals surface area contributed by atoms with Crippen molar-refractivity contribution in [1.82, 2.24) is 4.90 Å². The van der Waals surface area contributed by atoms with Crippen molar-refractivity contribution >= 4 is 17.7 Å². The lowest BCUT2D eigenvalue weighted by Crippen LogP contribution is -2.28. The van der Waals surface area contributed by atoms with E-state index in [1.165, 1.54) is 11.1 Å². The second-order valence-electron chi connectivity index (χ2n) is 4.31. The van der Waals surface area contributed by atoms with Crippen molar-refractivity contribution in [3.63, 3.8) is 0 Å². The minimum Gasteiger partial charge on any atom is -0.396 e. The molecule has 0 radical (unpaired) electrons. The zero-order chi connectivity index (χ0) is 13.4. The highest BCUT2D eigenvalue weighted by Crippen LogP contribution is 2.11. The van der Waals surface area contributed by atoms with Crippen molar-refractivity contribution < 1.29 is 9.90 Å². The van der Waals surface area contributed by atoms with Gasteiger partial charge in [0.2, 0.25) is 5.91 Å². The number of hydrogen-bond donors (Lipinski definition) is 1. The van der Waals surface area contributed by atoms with Gasteiger partial charge in [-0.1, -0.05) is 24.3 Å². The number of aliphatic hydroxyl groups excluding tert-OH is 1. The van der Waals surface area contributed by atoms with E-state index < -0.39 is 0 Å². The molecule has 0 aliphatic carbocycles. The summed E-state index contributed by atoms with van der Waals surface area (Å²) in [5.74, 6) is 1.46. The molecule has 18 heavy (non-hydrogen) atoms. The van der Waals surface area contributed by atoms with Crippen LogP contribution in [0.25, 0.3) is 0 Å². The first-order valence-corrected chi connectivity index (χ1v) is 7.27. The predicted molar refractivity (Wildman–Crippen MR) is 76.7 cm³/mol. The molecule has 3 nitrogen and oxygen atoms in total. The number of carbonyl (C=O) groups is 1. The van der Waals surface area contributed by atoms with E-state index in [0.717, 1.165) is 12.2 Å². The molecule has 1 amide bonds. The van der Waals surface area contributed by atoms with E-state index in [2.05, 4.69) is 19.1 Å². The maximum Gasteiger partial charge on any atom is 0.232 e. The Bertz CT molecular complexity index is 382. The lowest BCUT2D eigenvalue weighted by Gasteiger charge is -2.18. The molecule has 0 unspecified atom stereocenters. The van der Waals surface area contributed by atoms with Crippen LogP contribution in [0.3, 0.4) is 0 Å². The molecular formula is C14H21NO2S. The summed E-state index contributed by atoms with van der Waals surface area (Å²) in [7, 11) is 1.83. The maximum atomic E-state index is 11.9. The first-order valence-electron chi connectivity index (χ1n) is 6.12. The molecule has 1 aromatic carbocycles. The van der Waals surface area contributed by atoms with E-state index >= 15 is 0 Å². The number of amides is 1. The van der Waals surface area contributed by atoms with E-state index in [9.17, 15) is 4.79 Å². The van der Waals surface area contributed by atoms with Crippen LogP contribution in [-0.2, 0) is 11.3 Å².